The van der Waals surface area contributed by atoms with Crippen LogP contribution in [0.2, 0.25) is 0 Å². The van der Waals surface area contributed by atoms with E-state index in [0.29, 0.717) is 0 Å². The molecule has 0 aliphatic heterocycles. The molecule has 0 saturated heterocycles. The molecule has 25 heavy (non-hydrogen) atoms. The molecule has 0 fully saturated rings. The van der Waals surface area contributed by atoms with Crippen LogP contribution in [0, 0.1) is 5.41 Å². The minimum atomic E-state index is -0.0711. The van der Waals surface area contributed by atoms with Crippen molar-refractivity contribution in [1.29, 1.82) is 0 Å². The molecule has 0 radical (unpaired) electrons. The van der Waals surface area contributed by atoms with E-state index in [1.54, 1.807) is 12.4 Å². The summed E-state index contributed by atoms with van der Waals surface area (Å²) in [5.74, 6) is 1.01. The summed E-state index contributed by atoms with van der Waals surface area (Å²) < 4.78 is 3.14. The fourth-order valence-corrected chi connectivity index (χ4v) is 3.88. The summed E-state index contributed by atoms with van der Waals surface area (Å²) >= 11 is 3.57. The predicted molar refractivity (Wildman–Crippen MR) is 108 cm³/mol. The molecular weight excluding hydrogens is 376 g/mol. The largest absolute Gasteiger partial charge is 0.364 e. The third-order valence-corrected chi connectivity index (χ3v) is 4.43. The average Bonchev–Trinajstić information content (AvgIpc) is 2.83. The Balaban J connectivity index is 2.13. The van der Waals surface area contributed by atoms with Crippen molar-refractivity contribution in [2.45, 2.75) is 46.6 Å². The Morgan fingerprint density at radius 3 is 2.36 bits per heavy atom. The lowest BCUT2D eigenvalue weighted by Crippen LogP contribution is -2.36. The molecule has 5 heteroatoms. The minimum absolute atomic E-state index is 0.0711. The van der Waals surface area contributed by atoms with Crippen LogP contribution in [0.1, 0.15) is 41.0 Å². The Labute approximate surface area is 157 Å². The first-order valence-electron chi connectivity index (χ1n) is 8.51. The van der Waals surface area contributed by atoms with Gasteiger partial charge in [-0.25, -0.2) is 4.98 Å². The van der Waals surface area contributed by atoms with Crippen molar-refractivity contribution in [2.24, 2.45) is 5.41 Å². The molecule has 3 aromatic heterocycles. The second-order valence-electron chi connectivity index (χ2n) is 8.37. The number of halogens is 1. The van der Waals surface area contributed by atoms with Crippen LogP contribution in [-0.2, 0) is 0 Å². The molecule has 4 nitrogen and oxygen atoms in total. The summed E-state index contributed by atoms with van der Waals surface area (Å²) in [7, 11) is 0. The van der Waals surface area contributed by atoms with Crippen molar-refractivity contribution in [3.8, 4) is 11.3 Å². The van der Waals surface area contributed by atoms with E-state index in [2.05, 4.69) is 71.4 Å². The van der Waals surface area contributed by atoms with Crippen LogP contribution in [0.15, 0.2) is 47.3 Å². The minimum Gasteiger partial charge on any atom is -0.364 e. The van der Waals surface area contributed by atoms with E-state index in [9.17, 15) is 0 Å². The summed E-state index contributed by atoms with van der Waals surface area (Å²) in [5.41, 5.74) is 3.09. The Morgan fingerprint density at radius 2 is 1.72 bits per heavy atom. The number of pyridine rings is 2. The van der Waals surface area contributed by atoms with E-state index in [0.717, 1.165) is 33.6 Å². The molecule has 132 valence electrons. The normalized spacial score (nSPS) is 12.6. The zero-order valence-corrected chi connectivity index (χ0v) is 17.1. The highest BCUT2D eigenvalue weighted by Crippen LogP contribution is 2.35. The van der Waals surface area contributed by atoms with Gasteiger partial charge in [-0.2, -0.15) is 0 Å². The van der Waals surface area contributed by atoms with Crippen molar-refractivity contribution >= 4 is 27.4 Å². The number of fused-ring (bicyclic) bond motifs is 1. The second kappa shape index (κ2) is 6.45. The van der Waals surface area contributed by atoms with Crippen LogP contribution < -0.4 is 5.32 Å². The monoisotopic (exact) mass is 400 g/mol. The summed E-state index contributed by atoms with van der Waals surface area (Å²) in [6, 6.07) is 8.04. The van der Waals surface area contributed by atoms with E-state index in [4.69, 9.17) is 4.98 Å². The van der Waals surface area contributed by atoms with Crippen molar-refractivity contribution in [2.75, 3.05) is 5.32 Å². The number of rotatable bonds is 4. The van der Waals surface area contributed by atoms with Gasteiger partial charge < -0.3 is 5.32 Å². The number of hydrogen-bond donors (Lipinski definition) is 1. The second-order valence-corrected chi connectivity index (χ2v) is 9.28. The molecule has 0 atom stereocenters. The molecule has 0 aromatic carbocycles. The van der Waals surface area contributed by atoms with Crippen LogP contribution >= 0.6 is 15.9 Å². The smallest absolute Gasteiger partial charge is 0.139 e. The number of nitrogens with one attached hydrogen (secondary N) is 1. The van der Waals surface area contributed by atoms with Crippen molar-refractivity contribution in [3.63, 3.8) is 0 Å². The standard InChI is InChI=1S/C20H25BrN4/c1-19(2,3)13-20(4,5)24-18-17(14-8-10-22-11-9-14)23-16-7-6-15(21)12-25(16)18/h6-12,24H,13H2,1-5H3. The van der Waals surface area contributed by atoms with Gasteiger partial charge in [0.2, 0.25) is 0 Å². The van der Waals surface area contributed by atoms with Gasteiger partial charge in [0.25, 0.3) is 0 Å². The van der Waals surface area contributed by atoms with Gasteiger partial charge in [0.1, 0.15) is 17.2 Å². The maximum Gasteiger partial charge on any atom is 0.139 e. The molecule has 3 heterocycles. The van der Waals surface area contributed by atoms with Crippen LogP contribution in [-0.4, -0.2) is 19.9 Å². The fourth-order valence-electron chi connectivity index (χ4n) is 3.54. The van der Waals surface area contributed by atoms with E-state index in [1.807, 2.05) is 24.3 Å². The van der Waals surface area contributed by atoms with Gasteiger partial charge in [0.15, 0.2) is 0 Å². The zero-order chi connectivity index (χ0) is 18.2. The number of imidazole rings is 1. The van der Waals surface area contributed by atoms with E-state index < -0.39 is 0 Å². The highest BCUT2D eigenvalue weighted by atomic mass is 79.9. The van der Waals surface area contributed by atoms with Crippen LogP contribution in [0.5, 0.6) is 0 Å². The summed E-state index contributed by atoms with van der Waals surface area (Å²) in [4.78, 5) is 8.99. The summed E-state index contributed by atoms with van der Waals surface area (Å²) in [6.07, 6.45) is 6.71. The fraction of sp³-hybridized carbons (Fsp3) is 0.400. The molecular formula is C20H25BrN4. The van der Waals surface area contributed by atoms with Crippen LogP contribution in [0.25, 0.3) is 16.9 Å². The zero-order valence-electron chi connectivity index (χ0n) is 15.5. The summed E-state index contributed by atoms with van der Waals surface area (Å²) in [5, 5.41) is 3.75. The lowest BCUT2D eigenvalue weighted by atomic mass is 9.82. The molecule has 0 aliphatic carbocycles. The first-order valence-corrected chi connectivity index (χ1v) is 9.30. The molecule has 0 saturated carbocycles. The summed E-state index contributed by atoms with van der Waals surface area (Å²) in [6.45, 7) is 11.3. The van der Waals surface area contributed by atoms with Crippen molar-refractivity contribution in [3.05, 3.63) is 47.3 Å². The number of aromatic nitrogens is 3. The maximum atomic E-state index is 4.86. The SMILES string of the molecule is CC(C)(C)CC(C)(C)Nc1c(-c2ccncc2)nc2ccc(Br)cn12. The van der Waals surface area contributed by atoms with E-state index >= 15 is 0 Å². The Bertz CT molecular complexity index is 876. The number of anilines is 1. The average molecular weight is 401 g/mol. The molecule has 0 aliphatic rings. The van der Waals surface area contributed by atoms with Gasteiger partial charge in [-0.05, 0) is 65.9 Å². The number of hydrogen-bond acceptors (Lipinski definition) is 3. The number of nitrogens with zero attached hydrogens (tertiary/aromatic N) is 3. The van der Waals surface area contributed by atoms with Crippen LogP contribution in [0.3, 0.4) is 0 Å². The third kappa shape index (κ3) is 4.21. The molecule has 0 bridgehead atoms. The molecule has 0 spiro atoms. The molecule has 1 N–H and O–H groups in total. The maximum absolute atomic E-state index is 4.86. The van der Waals surface area contributed by atoms with E-state index in [1.165, 1.54) is 0 Å². The lowest BCUT2D eigenvalue weighted by Gasteiger charge is -2.34. The quantitative estimate of drug-likeness (QED) is 0.602. The Kier molecular flexibility index (Phi) is 4.62. The molecule has 3 rings (SSSR count). The molecule has 0 amide bonds. The van der Waals surface area contributed by atoms with E-state index in [-0.39, 0.29) is 11.0 Å². The van der Waals surface area contributed by atoms with Gasteiger partial charge in [0, 0.05) is 34.2 Å². The van der Waals surface area contributed by atoms with Gasteiger partial charge in [-0.1, -0.05) is 20.8 Å². The van der Waals surface area contributed by atoms with Gasteiger partial charge in [0.05, 0.1) is 0 Å². The highest BCUT2D eigenvalue weighted by Gasteiger charge is 2.28. The highest BCUT2D eigenvalue weighted by molar-refractivity contribution is 9.10. The van der Waals surface area contributed by atoms with Gasteiger partial charge in [-0.3, -0.25) is 9.38 Å². The van der Waals surface area contributed by atoms with Crippen LogP contribution in [0.4, 0.5) is 5.82 Å². The first-order chi connectivity index (χ1) is 11.6. The van der Waals surface area contributed by atoms with Gasteiger partial charge in [-0.15, -0.1) is 0 Å². The predicted octanol–water partition coefficient (Wildman–Crippen LogP) is 5.79. The first kappa shape index (κ1) is 17.9. The lowest BCUT2D eigenvalue weighted by molar-refractivity contribution is 0.302. The van der Waals surface area contributed by atoms with Crippen molar-refractivity contribution in [1.82, 2.24) is 14.4 Å². The Hall–Kier alpha value is -1.88. The van der Waals surface area contributed by atoms with Gasteiger partial charge >= 0.3 is 0 Å². The third-order valence-electron chi connectivity index (χ3n) is 3.97. The van der Waals surface area contributed by atoms with Crippen molar-refractivity contribution < 1.29 is 0 Å². The molecule has 3 aromatic rings. The Morgan fingerprint density at radius 1 is 1.04 bits per heavy atom. The topological polar surface area (TPSA) is 42.2 Å². The molecule has 0 unspecified atom stereocenters.